The molecule has 4 bridgehead atoms. The monoisotopic (exact) mass is 1370 g/mol. The standard InChI is InChI=1S/C37H48ClN7O6S.C32H39N7O4S/c1-34(2,3)51-33(47)44-23-24(22-35(44,4)5)8-7-19-39-27-9-6-10-30(40-27)52(48,49)43-32(46)25-11-12-28(41-31(25)38)45-20-13-29(42-45)50-21-14-26-36(15-16-36)37(26)17-18-37;1-30(2)19-21-5-4-16-33-24-6-3-7-27(34-24)44(41,42)37-29(40)22-8-9-25(35-28(22)38(30)20-21)39-17-10-26(36-39)43-18-11-23-31(12-13-31)32(23)14-15-32/h6,9-13,20,24,26H,7-8,14-19,21-23H2,1-5H3,(H,39,40)(H,43,46);3,6-10,17,21,23H,4-5,11-16,18-20H2,1-2H3,(H,33,34)(H,37,40)/t24-;21-/m00/s1/i26D;23D. The molecule has 15 rings (SSSR count). The van der Waals surface area contributed by atoms with Crippen molar-refractivity contribution in [3.8, 4) is 23.4 Å². The van der Waals surface area contributed by atoms with Crippen LogP contribution in [-0.4, -0.2) is 135 Å². The van der Waals surface area contributed by atoms with Gasteiger partial charge >= 0.3 is 6.09 Å². The Bertz CT molecular complexity index is 4340. The Morgan fingerprint density at radius 3 is 1.98 bits per heavy atom. The normalized spacial score (nSPS) is 23.9. The van der Waals surface area contributed by atoms with Crippen molar-refractivity contribution in [2.75, 3.05) is 54.9 Å². The van der Waals surface area contributed by atoms with E-state index in [1.807, 2.05) is 39.3 Å². The lowest BCUT2D eigenvalue weighted by molar-refractivity contribution is 0.0130. The lowest BCUT2D eigenvalue weighted by Crippen LogP contribution is -2.45. The van der Waals surface area contributed by atoms with Gasteiger partial charge in [-0.25, -0.2) is 43.5 Å². The van der Waals surface area contributed by atoms with E-state index in [2.05, 4.69) is 59.3 Å². The second-order valence-electron chi connectivity index (χ2n) is 29.9. The molecule has 4 spiro atoms. The Morgan fingerprint density at radius 2 is 1.36 bits per heavy atom. The Labute approximate surface area is 569 Å². The molecule has 0 radical (unpaired) electrons. The van der Waals surface area contributed by atoms with Crippen molar-refractivity contribution in [3.05, 3.63) is 101 Å². The average molecular weight is 1370 g/mol. The zero-order valence-electron chi connectivity index (χ0n) is 57.5. The van der Waals surface area contributed by atoms with Crippen LogP contribution >= 0.6 is 11.6 Å². The summed E-state index contributed by atoms with van der Waals surface area (Å²) in [7, 11) is -8.58. The molecule has 2 atom stereocenters. The minimum Gasteiger partial charge on any atom is -0.477 e. The van der Waals surface area contributed by atoms with Crippen molar-refractivity contribution < 1.29 is 48.2 Å². The fraction of sp³-hybridized carbons (Fsp3) is 0.580. The summed E-state index contributed by atoms with van der Waals surface area (Å²) in [5, 5.41) is 14.6. The highest BCUT2D eigenvalue weighted by Gasteiger charge is 2.86. The van der Waals surface area contributed by atoms with Crippen LogP contribution in [-0.2, 0) is 24.8 Å². The number of halogens is 1. The minimum absolute atomic E-state index is 0.134. The van der Waals surface area contributed by atoms with E-state index in [9.17, 15) is 31.2 Å². The number of aromatic nitrogens is 8. The van der Waals surface area contributed by atoms with Crippen molar-refractivity contribution in [1.82, 2.24) is 53.8 Å². The first-order valence-electron chi connectivity index (χ1n) is 34.8. The van der Waals surface area contributed by atoms with Gasteiger partial charge in [-0.1, -0.05) is 23.7 Å². The van der Waals surface area contributed by atoms with Gasteiger partial charge in [0, 0.05) is 64.5 Å². The molecule has 24 nitrogen and oxygen atoms in total. The molecule has 4 N–H and O–H groups in total. The first kappa shape index (κ1) is 63.2. The van der Waals surface area contributed by atoms with Gasteiger partial charge in [-0.3, -0.25) is 9.59 Å². The summed E-state index contributed by atoms with van der Waals surface area (Å²) in [6.45, 7) is 17.3. The molecule has 3 aliphatic heterocycles. The number of carbonyl (C=O) groups excluding carboxylic acids is 3. The van der Waals surface area contributed by atoms with Crippen LogP contribution in [0.4, 0.5) is 22.2 Å². The van der Waals surface area contributed by atoms with Crippen LogP contribution in [0, 0.1) is 45.3 Å². The van der Waals surface area contributed by atoms with E-state index in [1.54, 1.807) is 70.5 Å². The second kappa shape index (κ2) is 24.2. The van der Waals surface area contributed by atoms with Crippen molar-refractivity contribution in [2.24, 2.45) is 45.3 Å². The lowest BCUT2D eigenvalue weighted by atomic mass is 9.93. The third-order valence-electron chi connectivity index (χ3n) is 21.4. The molecule has 8 fully saturated rings. The number of anilines is 3. The van der Waals surface area contributed by atoms with Crippen molar-refractivity contribution in [2.45, 2.75) is 178 Å². The van der Waals surface area contributed by atoms with Crippen LogP contribution in [0.3, 0.4) is 0 Å². The summed E-state index contributed by atoms with van der Waals surface area (Å²) in [6, 6.07) is 18.8. The number of amides is 3. The Kier molecular flexibility index (Phi) is 15.9. The van der Waals surface area contributed by atoms with Gasteiger partial charge in [0.1, 0.15) is 28.2 Å². The molecule has 3 amide bonds. The molecule has 512 valence electrons. The summed E-state index contributed by atoms with van der Waals surface area (Å²) in [6.07, 6.45) is 19.2. The first-order valence-corrected chi connectivity index (χ1v) is 37.1. The number of hydrogen-bond donors (Lipinski definition) is 4. The van der Waals surface area contributed by atoms with E-state index in [0.717, 1.165) is 44.9 Å². The number of fused-ring (bicyclic) bond motifs is 8. The van der Waals surface area contributed by atoms with Gasteiger partial charge in [-0.05, 0) is 245 Å². The second-order valence-corrected chi connectivity index (χ2v) is 33.5. The zero-order chi connectivity index (χ0) is 69.3. The van der Waals surface area contributed by atoms with Crippen LogP contribution in [0.1, 0.15) is 175 Å². The van der Waals surface area contributed by atoms with E-state index < -0.39 is 37.5 Å². The number of nitrogens with zero attached hydrogens (tertiary/aromatic N) is 10. The summed E-state index contributed by atoms with van der Waals surface area (Å²) in [5.74, 6) is 1.12. The van der Waals surface area contributed by atoms with Crippen LogP contribution < -0.4 is 34.5 Å². The molecule has 6 aromatic rings. The van der Waals surface area contributed by atoms with Gasteiger partial charge in [0.25, 0.3) is 31.9 Å². The topological polar surface area (TPSA) is 289 Å². The third kappa shape index (κ3) is 12.9. The number of likely N-dealkylation sites (tertiary alicyclic amines) is 1. The first-order chi connectivity index (χ1) is 46.4. The highest BCUT2D eigenvalue weighted by molar-refractivity contribution is 7.90. The Morgan fingerprint density at radius 1 is 0.750 bits per heavy atom. The largest absolute Gasteiger partial charge is 0.477 e. The zero-order valence-corrected chi connectivity index (χ0v) is 57.9. The van der Waals surface area contributed by atoms with Gasteiger partial charge in [0.05, 0.1) is 24.3 Å². The van der Waals surface area contributed by atoms with Crippen molar-refractivity contribution in [3.63, 3.8) is 0 Å². The summed E-state index contributed by atoms with van der Waals surface area (Å²) in [4.78, 5) is 61.0. The van der Waals surface area contributed by atoms with E-state index >= 15 is 0 Å². The fourth-order valence-corrected chi connectivity index (χ4v) is 18.5. The molecule has 0 aromatic carbocycles. The van der Waals surface area contributed by atoms with Gasteiger partial charge in [0.2, 0.25) is 11.8 Å². The molecular formula is C69H87ClN14O10S2. The maximum absolute atomic E-state index is 13.6. The third-order valence-corrected chi connectivity index (χ3v) is 24.2. The van der Waals surface area contributed by atoms with Gasteiger partial charge in [0.15, 0.2) is 21.7 Å². The van der Waals surface area contributed by atoms with Crippen molar-refractivity contribution in [1.29, 1.82) is 0 Å². The lowest BCUT2D eigenvalue weighted by Gasteiger charge is -2.34. The van der Waals surface area contributed by atoms with Crippen LogP contribution in [0.25, 0.3) is 11.6 Å². The predicted molar refractivity (Wildman–Crippen MR) is 359 cm³/mol. The van der Waals surface area contributed by atoms with Crippen LogP contribution in [0.15, 0.2) is 95.2 Å². The average Bonchev–Trinajstić information content (AvgIpc) is 1.43. The predicted octanol–water partition coefficient (Wildman–Crippen LogP) is 11.2. The quantitative estimate of drug-likeness (QED) is 0.0459. The van der Waals surface area contributed by atoms with E-state index in [-0.39, 0.29) is 77.0 Å². The number of ether oxygens (including phenoxy) is 3. The molecule has 6 aliphatic carbocycles. The maximum Gasteiger partial charge on any atom is 0.410 e. The molecule has 9 aliphatic rings. The number of hydrogen-bond acceptors (Lipinski definition) is 19. The number of carbonyl (C=O) groups is 3. The van der Waals surface area contributed by atoms with Gasteiger partial charge in [-0.15, -0.1) is 10.2 Å². The number of sulfonamides is 2. The number of nitrogens with one attached hydrogen (secondary N) is 4. The smallest absolute Gasteiger partial charge is 0.410 e. The van der Waals surface area contributed by atoms with E-state index in [4.69, 9.17) is 33.5 Å². The molecule has 6 saturated carbocycles. The molecule has 6 aromatic heterocycles. The molecular weight excluding hydrogens is 1280 g/mol. The molecule has 27 heteroatoms. The van der Waals surface area contributed by atoms with Gasteiger partial charge in [-0.2, -0.15) is 16.8 Å². The summed E-state index contributed by atoms with van der Waals surface area (Å²) in [5.41, 5.74) is -0.113. The fourth-order valence-electron chi connectivity index (χ4n) is 16.4. The van der Waals surface area contributed by atoms with Gasteiger partial charge < -0.3 is 34.6 Å². The molecule has 0 unspecified atom stereocenters. The molecule has 2 saturated heterocycles. The highest BCUT2D eigenvalue weighted by Crippen LogP contribution is 2.94. The number of rotatable bonds is 18. The molecule has 96 heavy (non-hydrogen) atoms. The highest BCUT2D eigenvalue weighted by atomic mass is 35.5. The maximum atomic E-state index is 13.6. The summed E-state index contributed by atoms with van der Waals surface area (Å²) < 4.78 is 95.6. The van der Waals surface area contributed by atoms with Crippen molar-refractivity contribution >= 4 is 67.0 Å². The molecule has 9 heterocycles. The van der Waals surface area contributed by atoms with Crippen LogP contribution in [0.2, 0.25) is 5.15 Å². The van der Waals surface area contributed by atoms with E-state index in [0.29, 0.717) is 98.5 Å². The SMILES string of the molecule is [2H]C1(CCOc2ccn(-c3ccc(C(=O)NS(=O)(=O)c4cccc(NCCC[C@@H]5CN(C(=O)OC(C)(C)C)C(C)(C)C5)n4)c(Cl)n3)n2)C2(CC2)C12CC2.[2H]C1(CCOc2ccn(-c3ccc4c(n3)N3C[C@@H](CCCNc5cccc(n5)S(=O)(=O)NC4=O)CC3(C)C)n2)C2(CC2)C12CC2. The Hall–Kier alpha value is -7.58. The Balaban J connectivity index is 0.000000170. The minimum atomic E-state index is -4.35. The summed E-state index contributed by atoms with van der Waals surface area (Å²) >= 11 is 6.36. The van der Waals surface area contributed by atoms with E-state index in [1.165, 1.54) is 80.3 Å². The van der Waals surface area contributed by atoms with Crippen LogP contribution in [0.5, 0.6) is 11.8 Å². The number of pyridine rings is 4.